The fraction of sp³-hybridized carbons (Fsp3) is 0.917. The average Bonchev–Trinajstić information content (AvgIpc) is 2.81. The van der Waals surface area contributed by atoms with Crippen LogP contribution in [0.3, 0.4) is 0 Å². The Kier molecular flexibility index (Phi) is 6.85. The van der Waals surface area contributed by atoms with Gasteiger partial charge in [-0.2, -0.15) is 0 Å². The summed E-state index contributed by atoms with van der Waals surface area (Å²) < 4.78 is 5.34. The Morgan fingerprint density at radius 3 is 2.94 bits per heavy atom. The van der Waals surface area contributed by atoms with Gasteiger partial charge in [-0.3, -0.25) is 4.79 Å². The number of amides is 1. The van der Waals surface area contributed by atoms with Gasteiger partial charge < -0.3 is 15.4 Å². The first-order valence-corrected chi connectivity index (χ1v) is 6.42. The predicted molar refractivity (Wildman–Crippen MR) is 69.4 cm³/mol. The SMILES string of the molecule is Cl.O=C(CCC1CCNC1)NC1CCCOC1. The van der Waals surface area contributed by atoms with Crippen molar-refractivity contribution in [3.8, 4) is 0 Å². The lowest BCUT2D eigenvalue weighted by molar-refractivity contribution is -0.123. The van der Waals surface area contributed by atoms with Crippen molar-refractivity contribution in [2.24, 2.45) is 5.92 Å². The van der Waals surface area contributed by atoms with Gasteiger partial charge in [0.05, 0.1) is 12.6 Å². The molecule has 0 aliphatic carbocycles. The minimum Gasteiger partial charge on any atom is -0.379 e. The quantitative estimate of drug-likeness (QED) is 0.798. The molecule has 1 amide bonds. The van der Waals surface area contributed by atoms with E-state index in [0.29, 0.717) is 18.9 Å². The maximum absolute atomic E-state index is 11.7. The fourth-order valence-corrected chi connectivity index (χ4v) is 2.45. The van der Waals surface area contributed by atoms with Gasteiger partial charge in [0.2, 0.25) is 5.91 Å². The number of rotatable bonds is 4. The summed E-state index contributed by atoms with van der Waals surface area (Å²) in [7, 11) is 0. The smallest absolute Gasteiger partial charge is 0.220 e. The normalized spacial score (nSPS) is 28.5. The van der Waals surface area contributed by atoms with Gasteiger partial charge >= 0.3 is 0 Å². The molecule has 100 valence electrons. The highest BCUT2D eigenvalue weighted by Gasteiger charge is 2.18. The van der Waals surface area contributed by atoms with Crippen LogP contribution < -0.4 is 10.6 Å². The Morgan fingerprint density at radius 2 is 2.29 bits per heavy atom. The van der Waals surface area contributed by atoms with Crippen LogP contribution in [0.2, 0.25) is 0 Å². The van der Waals surface area contributed by atoms with E-state index in [1.807, 2.05) is 0 Å². The Balaban J connectivity index is 0.00000144. The average molecular weight is 263 g/mol. The van der Waals surface area contributed by atoms with Crippen molar-refractivity contribution in [2.75, 3.05) is 26.3 Å². The molecule has 2 aliphatic heterocycles. The van der Waals surface area contributed by atoms with E-state index in [9.17, 15) is 4.79 Å². The number of hydrogen-bond donors (Lipinski definition) is 2. The first-order valence-electron chi connectivity index (χ1n) is 6.42. The number of hydrogen-bond acceptors (Lipinski definition) is 3. The predicted octanol–water partition coefficient (Wildman–Crippen LogP) is 1.09. The van der Waals surface area contributed by atoms with Crippen molar-refractivity contribution in [1.82, 2.24) is 10.6 Å². The molecule has 4 nitrogen and oxygen atoms in total. The third-order valence-electron chi connectivity index (χ3n) is 3.47. The number of carbonyl (C=O) groups is 1. The molecule has 0 aromatic carbocycles. The molecule has 2 atom stereocenters. The van der Waals surface area contributed by atoms with Gasteiger partial charge in [-0.05, 0) is 44.7 Å². The zero-order valence-corrected chi connectivity index (χ0v) is 11.1. The summed E-state index contributed by atoms with van der Waals surface area (Å²) >= 11 is 0. The summed E-state index contributed by atoms with van der Waals surface area (Å²) in [5, 5.41) is 6.38. The molecule has 0 aromatic heterocycles. The molecule has 2 fully saturated rings. The molecular formula is C12H23ClN2O2. The molecule has 0 radical (unpaired) electrons. The standard InChI is InChI=1S/C12H22N2O2.ClH/c15-12(4-3-10-5-6-13-8-10)14-11-2-1-7-16-9-11;/h10-11,13H,1-9H2,(H,14,15);1H. The van der Waals surface area contributed by atoms with Crippen LogP contribution in [0.25, 0.3) is 0 Å². The first kappa shape index (κ1) is 14.7. The van der Waals surface area contributed by atoms with E-state index in [1.54, 1.807) is 0 Å². The van der Waals surface area contributed by atoms with Crippen molar-refractivity contribution in [2.45, 2.75) is 38.1 Å². The highest BCUT2D eigenvalue weighted by atomic mass is 35.5. The summed E-state index contributed by atoms with van der Waals surface area (Å²) in [6.07, 6.45) is 5.04. The van der Waals surface area contributed by atoms with Crippen LogP contribution in [0.1, 0.15) is 32.1 Å². The lowest BCUT2D eigenvalue weighted by Gasteiger charge is -2.23. The van der Waals surface area contributed by atoms with Gasteiger partial charge in [-0.25, -0.2) is 0 Å². The van der Waals surface area contributed by atoms with E-state index in [-0.39, 0.29) is 24.4 Å². The van der Waals surface area contributed by atoms with Gasteiger partial charge in [0.25, 0.3) is 0 Å². The van der Waals surface area contributed by atoms with Gasteiger partial charge in [-0.15, -0.1) is 12.4 Å². The Bertz CT molecular complexity index is 227. The minimum atomic E-state index is 0. The molecule has 0 spiro atoms. The lowest BCUT2D eigenvalue weighted by Crippen LogP contribution is -2.40. The van der Waals surface area contributed by atoms with Crippen molar-refractivity contribution in [3.63, 3.8) is 0 Å². The summed E-state index contributed by atoms with van der Waals surface area (Å²) in [6, 6.07) is 0.253. The molecule has 2 aliphatic rings. The maximum atomic E-state index is 11.7. The molecule has 0 saturated carbocycles. The van der Waals surface area contributed by atoms with Crippen LogP contribution in [-0.2, 0) is 9.53 Å². The molecule has 5 heteroatoms. The third kappa shape index (κ3) is 5.23. The van der Waals surface area contributed by atoms with Crippen molar-refractivity contribution < 1.29 is 9.53 Å². The van der Waals surface area contributed by atoms with Crippen molar-refractivity contribution in [3.05, 3.63) is 0 Å². The van der Waals surface area contributed by atoms with Crippen LogP contribution in [-0.4, -0.2) is 38.3 Å². The van der Waals surface area contributed by atoms with Crippen LogP contribution in [0.15, 0.2) is 0 Å². The summed E-state index contributed by atoms with van der Waals surface area (Å²) in [4.78, 5) is 11.7. The highest BCUT2D eigenvalue weighted by Crippen LogP contribution is 2.14. The molecular weight excluding hydrogens is 240 g/mol. The monoisotopic (exact) mass is 262 g/mol. The van der Waals surface area contributed by atoms with E-state index < -0.39 is 0 Å². The number of ether oxygens (including phenoxy) is 1. The second-order valence-electron chi connectivity index (χ2n) is 4.88. The zero-order chi connectivity index (χ0) is 11.2. The number of carbonyl (C=O) groups excluding carboxylic acids is 1. The van der Waals surface area contributed by atoms with Gasteiger partial charge in [-0.1, -0.05) is 0 Å². The molecule has 2 rings (SSSR count). The third-order valence-corrected chi connectivity index (χ3v) is 3.47. The Morgan fingerprint density at radius 1 is 1.41 bits per heavy atom. The van der Waals surface area contributed by atoms with Crippen molar-refractivity contribution in [1.29, 1.82) is 0 Å². The topological polar surface area (TPSA) is 50.4 Å². The molecule has 0 aromatic rings. The van der Waals surface area contributed by atoms with E-state index in [0.717, 1.165) is 39.0 Å². The van der Waals surface area contributed by atoms with Crippen molar-refractivity contribution >= 4 is 18.3 Å². The zero-order valence-electron chi connectivity index (χ0n) is 10.2. The summed E-state index contributed by atoms with van der Waals surface area (Å²) in [5.74, 6) is 0.899. The molecule has 2 unspecified atom stereocenters. The fourth-order valence-electron chi connectivity index (χ4n) is 2.45. The van der Waals surface area contributed by atoms with Crippen LogP contribution in [0.4, 0.5) is 0 Å². The molecule has 17 heavy (non-hydrogen) atoms. The summed E-state index contributed by atoms with van der Waals surface area (Å²) in [5.41, 5.74) is 0. The molecule has 2 heterocycles. The van der Waals surface area contributed by atoms with Crippen LogP contribution in [0, 0.1) is 5.92 Å². The molecule has 2 N–H and O–H groups in total. The maximum Gasteiger partial charge on any atom is 0.220 e. The lowest BCUT2D eigenvalue weighted by atomic mass is 10.0. The van der Waals surface area contributed by atoms with Crippen LogP contribution >= 0.6 is 12.4 Å². The molecule has 2 saturated heterocycles. The highest BCUT2D eigenvalue weighted by molar-refractivity contribution is 5.85. The minimum absolute atomic E-state index is 0. The van der Waals surface area contributed by atoms with E-state index in [1.165, 1.54) is 6.42 Å². The second kappa shape index (κ2) is 7.90. The second-order valence-corrected chi connectivity index (χ2v) is 4.88. The van der Waals surface area contributed by atoms with Gasteiger partial charge in [0.15, 0.2) is 0 Å². The first-order chi connectivity index (χ1) is 7.84. The number of halogens is 1. The van der Waals surface area contributed by atoms with E-state index in [4.69, 9.17) is 4.74 Å². The Hall–Kier alpha value is -0.320. The Labute approximate surface area is 109 Å². The summed E-state index contributed by atoms with van der Waals surface area (Å²) in [6.45, 7) is 3.74. The number of nitrogens with one attached hydrogen (secondary N) is 2. The van der Waals surface area contributed by atoms with E-state index >= 15 is 0 Å². The van der Waals surface area contributed by atoms with Gasteiger partial charge in [0, 0.05) is 13.0 Å². The van der Waals surface area contributed by atoms with Crippen LogP contribution in [0.5, 0.6) is 0 Å². The molecule has 0 bridgehead atoms. The van der Waals surface area contributed by atoms with E-state index in [2.05, 4.69) is 10.6 Å². The largest absolute Gasteiger partial charge is 0.379 e. The van der Waals surface area contributed by atoms with Gasteiger partial charge in [0.1, 0.15) is 0 Å².